The molecule has 174 valence electrons. The average molecular weight is 447 g/mol. The molecule has 33 heavy (non-hydrogen) atoms. The lowest BCUT2D eigenvalue weighted by molar-refractivity contribution is -0.112. The highest BCUT2D eigenvalue weighted by molar-refractivity contribution is 6.52. The van der Waals surface area contributed by atoms with Gasteiger partial charge in [-0.15, -0.1) is 0 Å². The monoisotopic (exact) mass is 446 g/mol. The molecule has 0 bridgehead atoms. The Bertz CT molecular complexity index is 1010. The van der Waals surface area contributed by atoms with Gasteiger partial charge in [0.25, 0.3) is 11.7 Å². The Hall–Kier alpha value is -2.70. The van der Waals surface area contributed by atoms with Crippen LogP contribution in [0.4, 0.5) is 11.4 Å². The maximum Gasteiger partial charge on any atom is 0.296 e. The smallest absolute Gasteiger partial charge is 0.296 e. The number of para-hydroxylation sites is 1. The molecule has 1 aliphatic carbocycles. The molecule has 6 nitrogen and oxygen atoms in total. The van der Waals surface area contributed by atoms with Crippen LogP contribution in [0.25, 0.3) is 0 Å². The third-order valence-corrected chi connectivity index (χ3v) is 7.50. The molecule has 1 fully saturated rings. The fourth-order valence-corrected chi connectivity index (χ4v) is 5.69. The Morgan fingerprint density at radius 1 is 1.00 bits per heavy atom. The number of amides is 1. The van der Waals surface area contributed by atoms with Crippen LogP contribution in [-0.4, -0.2) is 73.3 Å². The van der Waals surface area contributed by atoms with E-state index in [4.69, 9.17) is 0 Å². The second-order valence-corrected chi connectivity index (χ2v) is 9.51. The van der Waals surface area contributed by atoms with Crippen molar-refractivity contribution in [1.29, 1.82) is 0 Å². The minimum atomic E-state index is -0.486. The number of ketones is 1. The summed E-state index contributed by atoms with van der Waals surface area (Å²) >= 11 is 0. The summed E-state index contributed by atoms with van der Waals surface area (Å²) in [7, 11) is 0. The van der Waals surface area contributed by atoms with Crippen LogP contribution in [-0.2, 0) is 17.6 Å². The highest BCUT2D eigenvalue weighted by atomic mass is 16.2. The van der Waals surface area contributed by atoms with Crippen molar-refractivity contribution in [3.8, 4) is 0 Å². The zero-order chi connectivity index (χ0) is 22.8. The number of nitrogens with one attached hydrogen (secondary N) is 1. The molecule has 1 saturated heterocycles. The second kappa shape index (κ2) is 9.65. The quantitative estimate of drug-likeness (QED) is 0.662. The Kier molecular flexibility index (Phi) is 6.47. The third-order valence-electron chi connectivity index (χ3n) is 7.50. The van der Waals surface area contributed by atoms with Gasteiger partial charge in [0.2, 0.25) is 0 Å². The number of anilines is 2. The predicted octanol–water partition coefficient (Wildman–Crippen LogP) is 3.21. The van der Waals surface area contributed by atoms with E-state index >= 15 is 0 Å². The maximum atomic E-state index is 12.5. The van der Waals surface area contributed by atoms with E-state index in [-0.39, 0.29) is 5.78 Å². The van der Waals surface area contributed by atoms with Crippen LogP contribution in [0.5, 0.6) is 0 Å². The van der Waals surface area contributed by atoms with Crippen molar-refractivity contribution in [2.45, 2.75) is 38.6 Å². The van der Waals surface area contributed by atoms with Gasteiger partial charge in [-0.05, 0) is 61.6 Å². The summed E-state index contributed by atoms with van der Waals surface area (Å²) in [6, 6.07) is 15.1. The average Bonchev–Trinajstić information content (AvgIpc) is 3.16. The highest BCUT2D eigenvalue weighted by Crippen LogP contribution is 2.34. The maximum absolute atomic E-state index is 12.5. The van der Waals surface area contributed by atoms with Gasteiger partial charge in [-0.3, -0.25) is 19.4 Å². The summed E-state index contributed by atoms with van der Waals surface area (Å²) in [5, 5.41) is 2.74. The molecule has 2 heterocycles. The summed E-state index contributed by atoms with van der Waals surface area (Å²) in [6.45, 7) is 9.79. The van der Waals surface area contributed by atoms with Gasteiger partial charge in [0.05, 0.1) is 11.3 Å². The molecular weight excluding hydrogens is 412 g/mol. The van der Waals surface area contributed by atoms with Crippen molar-refractivity contribution in [2.24, 2.45) is 0 Å². The molecular formula is C27H34N4O2. The van der Waals surface area contributed by atoms with E-state index in [9.17, 15) is 9.59 Å². The van der Waals surface area contributed by atoms with Crippen molar-refractivity contribution >= 4 is 23.1 Å². The molecule has 6 heteroatoms. The standard InChI is InChI=1S/C27H34N4O2/c1-2-12-30(16-13-29-14-17-31(18-15-29)21-6-4-3-5-7-21)22-10-8-20-9-11-24-25(23(20)19-22)26(32)27(33)28-24/h3-7,9,11,22H,2,8,10,12-19H2,1H3,(H,28,32,33). The van der Waals surface area contributed by atoms with Crippen molar-refractivity contribution < 1.29 is 9.59 Å². The summed E-state index contributed by atoms with van der Waals surface area (Å²) in [6.07, 6.45) is 4.08. The minimum Gasteiger partial charge on any atom is -0.369 e. The van der Waals surface area contributed by atoms with Crippen molar-refractivity contribution in [2.75, 3.05) is 56.0 Å². The van der Waals surface area contributed by atoms with E-state index in [1.165, 1.54) is 11.3 Å². The molecule has 0 radical (unpaired) electrons. The summed E-state index contributed by atoms with van der Waals surface area (Å²) < 4.78 is 0. The van der Waals surface area contributed by atoms with Crippen LogP contribution >= 0.6 is 0 Å². The van der Waals surface area contributed by atoms with E-state index in [0.29, 0.717) is 17.3 Å². The van der Waals surface area contributed by atoms with Crippen LogP contribution in [0.3, 0.4) is 0 Å². The number of carbonyl (C=O) groups excluding carboxylic acids is 2. The van der Waals surface area contributed by atoms with Gasteiger partial charge in [-0.25, -0.2) is 0 Å². The first-order valence-electron chi connectivity index (χ1n) is 12.4. The van der Waals surface area contributed by atoms with E-state index in [2.05, 4.69) is 63.3 Å². The molecule has 2 aromatic rings. The fraction of sp³-hybridized carbons (Fsp3) is 0.481. The normalized spacial score (nSPS) is 20.7. The number of hydrogen-bond donors (Lipinski definition) is 1. The minimum absolute atomic E-state index is 0.360. The number of carbonyl (C=O) groups is 2. The van der Waals surface area contributed by atoms with E-state index in [1.54, 1.807) is 0 Å². The lowest BCUT2D eigenvalue weighted by Crippen LogP contribution is -2.50. The number of rotatable bonds is 7. The Morgan fingerprint density at radius 2 is 1.79 bits per heavy atom. The number of Topliss-reactive ketones (excluding diaryl/α,β-unsaturated/α-hetero) is 1. The van der Waals surface area contributed by atoms with Crippen LogP contribution in [0.2, 0.25) is 0 Å². The summed E-state index contributed by atoms with van der Waals surface area (Å²) in [5.74, 6) is -0.846. The molecule has 1 N–H and O–H groups in total. The van der Waals surface area contributed by atoms with Gasteiger partial charge in [0.1, 0.15) is 0 Å². The van der Waals surface area contributed by atoms with Gasteiger partial charge in [0.15, 0.2) is 0 Å². The highest BCUT2D eigenvalue weighted by Gasteiger charge is 2.35. The zero-order valence-corrected chi connectivity index (χ0v) is 19.6. The Labute approximate surface area is 196 Å². The molecule has 0 saturated carbocycles. The number of piperazine rings is 1. The van der Waals surface area contributed by atoms with Gasteiger partial charge < -0.3 is 10.2 Å². The largest absolute Gasteiger partial charge is 0.369 e. The fourth-order valence-electron chi connectivity index (χ4n) is 5.69. The first-order valence-corrected chi connectivity index (χ1v) is 12.4. The van der Waals surface area contributed by atoms with Gasteiger partial charge in [-0.1, -0.05) is 31.2 Å². The van der Waals surface area contributed by atoms with Gasteiger partial charge >= 0.3 is 0 Å². The van der Waals surface area contributed by atoms with Crippen LogP contribution in [0.1, 0.15) is 41.3 Å². The number of aryl methyl sites for hydroxylation is 1. The van der Waals surface area contributed by atoms with Gasteiger partial charge in [-0.2, -0.15) is 0 Å². The molecule has 5 rings (SSSR count). The molecule has 1 amide bonds. The molecule has 2 aromatic carbocycles. The van der Waals surface area contributed by atoms with E-state index < -0.39 is 5.91 Å². The zero-order valence-electron chi connectivity index (χ0n) is 19.6. The molecule has 0 spiro atoms. The van der Waals surface area contributed by atoms with E-state index in [1.807, 2.05) is 6.07 Å². The molecule has 1 atom stereocenters. The Balaban J connectivity index is 1.21. The molecule has 1 unspecified atom stereocenters. The first-order chi connectivity index (χ1) is 16.1. The molecule has 3 aliphatic rings. The lowest BCUT2D eigenvalue weighted by Gasteiger charge is -2.39. The lowest BCUT2D eigenvalue weighted by atomic mass is 9.83. The van der Waals surface area contributed by atoms with Crippen molar-refractivity contribution in [1.82, 2.24) is 9.80 Å². The van der Waals surface area contributed by atoms with Crippen LogP contribution in [0, 0.1) is 0 Å². The predicted molar refractivity (Wildman–Crippen MR) is 132 cm³/mol. The number of nitrogens with zero attached hydrogens (tertiary/aromatic N) is 3. The van der Waals surface area contributed by atoms with Crippen LogP contribution < -0.4 is 10.2 Å². The number of fused-ring (bicyclic) bond motifs is 3. The Morgan fingerprint density at radius 3 is 2.55 bits per heavy atom. The van der Waals surface area contributed by atoms with Gasteiger partial charge in [0, 0.05) is 51.0 Å². The second-order valence-electron chi connectivity index (χ2n) is 9.51. The number of benzene rings is 2. The SMILES string of the molecule is CCCN(CCN1CCN(c2ccccc2)CC1)C1CCc2ccc3c(c2C1)C(=O)C(=O)N3. The van der Waals surface area contributed by atoms with Crippen molar-refractivity contribution in [3.05, 3.63) is 59.2 Å². The van der Waals surface area contributed by atoms with Crippen LogP contribution in [0.15, 0.2) is 42.5 Å². The molecule has 2 aliphatic heterocycles. The molecule has 0 aromatic heterocycles. The first kappa shape index (κ1) is 22.1. The summed E-state index contributed by atoms with van der Waals surface area (Å²) in [5.41, 5.74) is 4.99. The van der Waals surface area contributed by atoms with Crippen molar-refractivity contribution in [3.63, 3.8) is 0 Å². The number of hydrogen-bond acceptors (Lipinski definition) is 5. The van der Waals surface area contributed by atoms with E-state index in [0.717, 1.165) is 77.1 Å². The third kappa shape index (κ3) is 4.55. The summed E-state index contributed by atoms with van der Waals surface area (Å²) in [4.78, 5) is 32.1. The topological polar surface area (TPSA) is 55.9 Å².